The van der Waals surface area contributed by atoms with Crippen molar-refractivity contribution in [3.05, 3.63) is 47.9 Å². The second-order valence-corrected chi connectivity index (χ2v) is 6.43. The number of rotatable bonds is 2. The lowest BCUT2D eigenvalue weighted by molar-refractivity contribution is 0.208. The van der Waals surface area contributed by atoms with E-state index in [0.29, 0.717) is 26.2 Å². The number of fused-ring (bicyclic) bond motifs is 1. The van der Waals surface area contributed by atoms with Crippen molar-refractivity contribution in [1.29, 1.82) is 0 Å². The number of urea groups is 1. The standard InChI is InChI=1S/C18H18F2N6O/c1-11-9-21-16-15(11)17(23-10-22-16)25-4-6-26(7-5-25)18(27)24-12-2-3-13(19)14(20)8-12/h2-3,8-10H,4-7H2,1H3,(H,24,27)(H,21,22,23). The molecular formula is C18H18F2N6O. The van der Waals surface area contributed by atoms with E-state index in [-0.39, 0.29) is 11.7 Å². The van der Waals surface area contributed by atoms with Crippen LogP contribution in [0.5, 0.6) is 0 Å². The molecule has 2 amide bonds. The maximum atomic E-state index is 13.3. The monoisotopic (exact) mass is 372 g/mol. The Morgan fingerprint density at radius 2 is 1.93 bits per heavy atom. The molecule has 1 aromatic carbocycles. The predicted molar refractivity (Wildman–Crippen MR) is 97.8 cm³/mol. The van der Waals surface area contributed by atoms with E-state index < -0.39 is 11.6 Å². The molecule has 7 nitrogen and oxygen atoms in total. The summed E-state index contributed by atoms with van der Waals surface area (Å²) in [6.45, 7) is 4.20. The number of H-pyrrole nitrogens is 1. The average molecular weight is 372 g/mol. The van der Waals surface area contributed by atoms with E-state index in [9.17, 15) is 13.6 Å². The van der Waals surface area contributed by atoms with Gasteiger partial charge < -0.3 is 20.1 Å². The van der Waals surface area contributed by atoms with Crippen LogP contribution in [0.2, 0.25) is 0 Å². The van der Waals surface area contributed by atoms with Gasteiger partial charge in [-0.25, -0.2) is 23.5 Å². The molecule has 4 rings (SSSR count). The molecule has 2 N–H and O–H groups in total. The highest BCUT2D eigenvalue weighted by Crippen LogP contribution is 2.26. The number of benzene rings is 1. The summed E-state index contributed by atoms with van der Waals surface area (Å²) >= 11 is 0. The Labute approximate surface area is 154 Å². The third-order valence-corrected chi connectivity index (χ3v) is 4.68. The van der Waals surface area contributed by atoms with Crippen LogP contribution in [0.1, 0.15) is 5.56 Å². The first-order valence-electron chi connectivity index (χ1n) is 8.57. The van der Waals surface area contributed by atoms with Gasteiger partial charge in [-0.05, 0) is 24.6 Å². The number of nitrogens with zero attached hydrogens (tertiary/aromatic N) is 4. The van der Waals surface area contributed by atoms with E-state index in [1.807, 2.05) is 13.1 Å². The first-order valence-corrected chi connectivity index (χ1v) is 8.57. The molecule has 0 spiro atoms. The molecule has 1 aliphatic rings. The zero-order valence-electron chi connectivity index (χ0n) is 14.7. The molecule has 0 aliphatic carbocycles. The van der Waals surface area contributed by atoms with Gasteiger partial charge in [0.05, 0.1) is 5.39 Å². The Bertz CT molecular complexity index is 997. The van der Waals surface area contributed by atoms with E-state index in [4.69, 9.17) is 0 Å². The molecule has 1 aliphatic heterocycles. The second kappa shape index (κ2) is 6.82. The fourth-order valence-electron chi connectivity index (χ4n) is 3.24. The first kappa shape index (κ1) is 17.2. The minimum absolute atomic E-state index is 0.224. The molecule has 1 fully saturated rings. The number of carbonyl (C=O) groups is 1. The van der Waals surface area contributed by atoms with Gasteiger partial charge in [0, 0.05) is 44.1 Å². The van der Waals surface area contributed by atoms with E-state index in [1.165, 1.54) is 12.4 Å². The van der Waals surface area contributed by atoms with Crippen molar-refractivity contribution >= 4 is 28.6 Å². The van der Waals surface area contributed by atoms with Crippen molar-refractivity contribution in [2.75, 3.05) is 36.4 Å². The summed E-state index contributed by atoms with van der Waals surface area (Å²) in [4.78, 5) is 27.9. The quantitative estimate of drug-likeness (QED) is 0.725. The summed E-state index contributed by atoms with van der Waals surface area (Å²) in [6.07, 6.45) is 3.42. The lowest BCUT2D eigenvalue weighted by Crippen LogP contribution is -2.50. The number of aryl methyl sites for hydroxylation is 1. The van der Waals surface area contributed by atoms with Crippen molar-refractivity contribution in [1.82, 2.24) is 19.9 Å². The van der Waals surface area contributed by atoms with Crippen LogP contribution in [0, 0.1) is 18.6 Å². The zero-order valence-corrected chi connectivity index (χ0v) is 14.7. The van der Waals surface area contributed by atoms with Gasteiger partial charge in [-0.3, -0.25) is 0 Å². The summed E-state index contributed by atoms with van der Waals surface area (Å²) < 4.78 is 26.3. The van der Waals surface area contributed by atoms with Crippen LogP contribution < -0.4 is 10.2 Å². The molecule has 0 atom stereocenters. The number of hydrogen-bond acceptors (Lipinski definition) is 4. The summed E-state index contributed by atoms with van der Waals surface area (Å²) in [7, 11) is 0. The third-order valence-electron chi connectivity index (χ3n) is 4.68. The second-order valence-electron chi connectivity index (χ2n) is 6.43. The molecule has 9 heteroatoms. The number of nitrogens with one attached hydrogen (secondary N) is 2. The van der Waals surface area contributed by atoms with Gasteiger partial charge >= 0.3 is 6.03 Å². The Hall–Kier alpha value is -3.23. The van der Waals surface area contributed by atoms with Crippen molar-refractivity contribution < 1.29 is 13.6 Å². The van der Waals surface area contributed by atoms with E-state index in [2.05, 4.69) is 25.2 Å². The van der Waals surface area contributed by atoms with Gasteiger partial charge in [0.25, 0.3) is 0 Å². The van der Waals surface area contributed by atoms with Crippen molar-refractivity contribution in [3.63, 3.8) is 0 Å². The number of carbonyl (C=O) groups excluding carboxylic acids is 1. The highest BCUT2D eigenvalue weighted by atomic mass is 19.2. The Kier molecular flexibility index (Phi) is 4.35. The van der Waals surface area contributed by atoms with Crippen LogP contribution >= 0.6 is 0 Å². The zero-order chi connectivity index (χ0) is 19.0. The van der Waals surface area contributed by atoms with Crippen LogP contribution in [0.3, 0.4) is 0 Å². The molecule has 3 aromatic rings. The van der Waals surface area contributed by atoms with Crippen LogP contribution in [-0.4, -0.2) is 52.1 Å². The number of aromatic nitrogens is 3. The normalized spacial score (nSPS) is 14.6. The predicted octanol–water partition coefficient (Wildman–Crippen LogP) is 2.90. The number of piperazine rings is 1. The molecule has 1 saturated heterocycles. The van der Waals surface area contributed by atoms with Gasteiger partial charge in [-0.1, -0.05) is 0 Å². The molecule has 0 saturated carbocycles. The van der Waals surface area contributed by atoms with Gasteiger partial charge in [0.1, 0.15) is 17.8 Å². The van der Waals surface area contributed by atoms with Crippen molar-refractivity contribution in [2.45, 2.75) is 6.92 Å². The van der Waals surface area contributed by atoms with Gasteiger partial charge in [-0.15, -0.1) is 0 Å². The van der Waals surface area contributed by atoms with Crippen molar-refractivity contribution in [2.24, 2.45) is 0 Å². The highest BCUT2D eigenvalue weighted by molar-refractivity contribution is 5.91. The van der Waals surface area contributed by atoms with Crippen LogP contribution in [0.25, 0.3) is 11.0 Å². The van der Waals surface area contributed by atoms with E-state index in [0.717, 1.165) is 34.5 Å². The van der Waals surface area contributed by atoms with Crippen molar-refractivity contribution in [3.8, 4) is 0 Å². The third kappa shape index (κ3) is 3.27. The lowest BCUT2D eigenvalue weighted by Gasteiger charge is -2.35. The highest BCUT2D eigenvalue weighted by Gasteiger charge is 2.24. The largest absolute Gasteiger partial charge is 0.352 e. The molecule has 2 aromatic heterocycles. The maximum Gasteiger partial charge on any atom is 0.321 e. The lowest BCUT2D eigenvalue weighted by atomic mass is 10.2. The molecule has 27 heavy (non-hydrogen) atoms. The van der Waals surface area contributed by atoms with Gasteiger partial charge in [0.15, 0.2) is 11.6 Å². The minimum atomic E-state index is -0.993. The van der Waals surface area contributed by atoms with Crippen LogP contribution in [-0.2, 0) is 0 Å². The topological polar surface area (TPSA) is 77.2 Å². The SMILES string of the molecule is Cc1c[nH]c2ncnc(N3CCN(C(=O)Nc4ccc(F)c(F)c4)CC3)c12. The van der Waals surface area contributed by atoms with Gasteiger partial charge in [0.2, 0.25) is 0 Å². The fourth-order valence-corrected chi connectivity index (χ4v) is 3.24. The fraction of sp³-hybridized carbons (Fsp3) is 0.278. The minimum Gasteiger partial charge on any atom is -0.352 e. The summed E-state index contributed by atoms with van der Waals surface area (Å²) in [5, 5.41) is 3.58. The molecular weight excluding hydrogens is 354 g/mol. The smallest absolute Gasteiger partial charge is 0.321 e. The Morgan fingerprint density at radius 1 is 1.15 bits per heavy atom. The van der Waals surface area contributed by atoms with E-state index in [1.54, 1.807) is 4.90 Å². The molecule has 140 valence electrons. The van der Waals surface area contributed by atoms with Crippen LogP contribution in [0.15, 0.2) is 30.7 Å². The first-order chi connectivity index (χ1) is 13.0. The number of amides is 2. The summed E-state index contributed by atoms with van der Waals surface area (Å²) in [5.41, 5.74) is 2.08. The Morgan fingerprint density at radius 3 is 2.67 bits per heavy atom. The number of aromatic amines is 1. The summed E-state index contributed by atoms with van der Waals surface area (Å²) in [5.74, 6) is -1.09. The maximum absolute atomic E-state index is 13.3. The number of halogens is 2. The van der Waals surface area contributed by atoms with Gasteiger partial charge in [-0.2, -0.15) is 0 Å². The average Bonchev–Trinajstić information content (AvgIpc) is 3.06. The van der Waals surface area contributed by atoms with Crippen LogP contribution in [0.4, 0.5) is 25.1 Å². The summed E-state index contributed by atoms with van der Waals surface area (Å²) in [6, 6.07) is 2.95. The molecule has 0 unspecified atom stereocenters. The van der Waals surface area contributed by atoms with E-state index >= 15 is 0 Å². The number of hydrogen-bond donors (Lipinski definition) is 2. The molecule has 0 radical (unpaired) electrons. The number of anilines is 2. The Balaban J connectivity index is 1.43. The molecule has 3 heterocycles. The molecule has 0 bridgehead atoms.